The van der Waals surface area contributed by atoms with E-state index in [4.69, 9.17) is 15.9 Å². The van der Waals surface area contributed by atoms with Crippen LogP contribution in [0.15, 0.2) is 27.4 Å². The first-order valence-electron chi connectivity index (χ1n) is 4.10. The highest BCUT2D eigenvalue weighted by molar-refractivity contribution is 5.86. The molecule has 0 atom stereocenters. The Bertz CT molecular complexity index is 533. The van der Waals surface area contributed by atoms with Gasteiger partial charge in [0.1, 0.15) is 11.4 Å². The minimum atomic E-state index is -0.691. The molecule has 4 N–H and O–H groups in total. The summed E-state index contributed by atoms with van der Waals surface area (Å²) in [5, 5.41) is 0.627. The number of rotatable bonds is 1. The van der Waals surface area contributed by atoms with Gasteiger partial charge in [-0.1, -0.05) is 6.07 Å². The van der Waals surface area contributed by atoms with Crippen LogP contribution in [-0.2, 0) is 6.54 Å². The molecule has 1 aromatic heterocycles. The number of nitrogens with zero attached hydrogens (tertiary/aromatic N) is 1. The molecule has 0 spiro atoms. The number of anilines is 1. The van der Waals surface area contributed by atoms with Crippen molar-refractivity contribution in [2.24, 2.45) is 5.73 Å². The number of fused-ring (bicyclic) bond motifs is 1. The molecule has 0 aliphatic rings. The standard InChI is InChI=1S/C9H9N3O2/c10-4-5-1-2-6-7(3-5)14-9(13)12-8(6)11/h1-3H,4,10H2,(H2,11,12,13). The van der Waals surface area contributed by atoms with E-state index in [0.29, 0.717) is 17.5 Å². The van der Waals surface area contributed by atoms with Crippen LogP contribution in [0.5, 0.6) is 0 Å². The molecule has 2 aromatic rings. The van der Waals surface area contributed by atoms with E-state index < -0.39 is 5.76 Å². The summed E-state index contributed by atoms with van der Waals surface area (Å²) in [4.78, 5) is 14.4. The van der Waals surface area contributed by atoms with Gasteiger partial charge in [-0.2, -0.15) is 4.98 Å². The Hall–Kier alpha value is -1.88. The molecule has 5 heteroatoms. The van der Waals surface area contributed by atoms with Crippen LogP contribution < -0.4 is 17.2 Å². The molecule has 0 radical (unpaired) electrons. The van der Waals surface area contributed by atoms with Crippen LogP contribution in [0.25, 0.3) is 11.0 Å². The van der Waals surface area contributed by atoms with Crippen LogP contribution in [0, 0.1) is 0 Å². The Kier molecular flexibility index (Phi) is 1.94. The van der Waals surface area contributed by atoms with Crippen LogP contribution in [-0.4, -0.2) is 4.98 Å². The molecule has 0 bridgehead atoms. The summed E-state index contributed by atoms with van der Waals surface area (Å²) in [6.45, 7) is 0.391. The Balaban J connectivity index is 2.82. The zero-order valence-electron chi connectivity index (χ0n) is 7.36. The van der Waals surface area contributed by atoms with Gasteiger partial charge >= 0.3 is 5.76 Å². The number of nitrogen functional groups attached to an aromatic ring is 1. The van der Waals surface area contributed by atoms with E-state index in [0.717, 1.165) is 5.56 Å². The number of hydrogen-bond acceptors (Lipinski definition) is 5. The van der Waals surface area contributed by atoms with Crippen molar-refractivity contribution < 1.29 is 4.42 Å². The molecule has 72 valence electrons. The van der Waals surface area contributed by atoms with E-state index in [2.05, 4.69) is 4.98 Å². The molecule has 1 heterocycles. The molecule has 0 aliphatic heterocycles. The third-order valence-electron chi connectivity index (χ3n) is 1.97. The number of benzene rings is 1. The van der Waals surface area contributed by atoms with Crippen molar-refractivity contribution in [1.29, 1.82) is 0 Å². The van der Waals surface area contributed by atoms with Gasteiger partial charge in [0.05, 0.1) is 5.39 Å². The van der Waals surface area contributed by atoms with Crippen molar-refractivity contribution in [2.75, 3.05) is 5.73 Å². The smallest absolute Gasteiger partial charge is 0.408 e. The van der Waals surface area contributed by atoms with E-state index >= 15 is 0 Å². The third-order valence-corrected chi connectivity index (χ3v) is 1.97. The van der Waals surface area contributed by atoms with Crippen molar-refractivity contribution in [1.82, 2.24) is 4.98 Å². The molecular weight excluding hydrogens is 182 g/mol. The van der Waals surface area contributed by atoms with Gasteiger partial charge in [-0.25, -0.2) is 4.79 Å². The molecule has 0 fully saturated rings. The minimum absolute atomic E-state index is 0.180. The van der Waals surface area contributed by atoms with E-state index in [1.165, 1.54) is 0 Å². The molecule has 1 aromatic carbocycles. The first kappa shape index (κ1) is 8.71. The molecule has 0 unspecified atom stereocenters. The fraction of sp³-hybridized carbons (Fsp3) is 0.111. The third kappa shape index (κ3) is 1.33. The van der Waals surface area contributed by atoms with Crippen LogP contribution in [0.2, 0.25) is 0 Å². The monoisotopic (exact) mass is 191 g/mol. The molecule has 0 aliphatic carbocycles. The number of aromatic nitrogens is 1. The highest BCUT2D eigenvalue weighted by atomic mass is 16.4. The van der Waals surface area contributed by atoms with Crippen molar-refractivity contribution in [3.63, 3.8) is 0 Å². The summed E-state index contributed by atoms with van der Waals surface area (Å²) in [5.41, 5.74) is 12.3. The van der Waals surface area contributed by atoms with Crippen LogP contribution in [0.4, 0.5) is 5.82 Å². The average molecular weight is 191 g/mol. The Labute approximate surface area is 79.3 Å². The number of nitrogens with two attached hydrogens (primary N) is 2. The van der Waals surface area contributed by atoms with Gasteiger partial charge in [-0.15, -0.1) is 0 Å². The Morgan fingerprint density at radius 2 is 2.21 bits per heavy atom. The molecule has 0 amide bonds. The fourth-order valence-electron chi connectivity index (χ4n) is 1.27. The second-order valence-electron chi connectivity index (χ2n) is 2.90. The maximum atomic E-state index is 10.9. The fourth-order valence-corrected chi connectivity index (χ4v) is 1.27. The molecule has 14 heavy (non-hydrogen) atoms. The SMILES string of the molecule is NCc1ccc2c(N)nc(=O)oc2c1. The predicted molar refractivity (Wildman–Crippen MR) is 52.6 cm³/mol. The molecule has 0 saturated carbocycles. The summed E-state index contributed by atoms with van der Waals surface area (Å²) in [7, 11) is 0. The average Bonchev–Trinajstić information content (AvgIpc) is 2.16. The summed E-state index contributed by atoms with van der Waals surface area (Å²) in [6, 6.07) is 5.25. The second-order valence-corrected chi connectivity index (χ2v) is 2.90. The van der Waals surface area contributed by atoms with E-state index in [1.54, 1.807) is 12.1 Å². The predicted octanol–water partition coefficient (Wildman–Crippen LogP) is 0.229. The topological polar surface area (TPSA) is 95.1 Å². The zero-order chi connectivity index (χ0) is 10.1. The lowest BCUT2D eigenvalue weighted by Gasteiger charge is -2.00. The molecular formula is C9H9N3O2. The lowest BCUT2D eigenvalue weighted by molar-refractivity contribution is 0.533. The zero-order valence-corrected chi connectivity index (χ0v) is 7.36. The first-order chi connectivity index (χ1) is 6.70. The maximum absolute atomic E-state index is 10.9. The highest BCUT2D eigenvalue weighted by Gasteiger charge is 2.03. The van der Waals surface area contributed by atoms with Gasteiger partial charge in [-0.3, -0.25) is 0 Å². The van der Waals surface area contributed by atoms with Crippen molar-refractivity contribution in [3.8, 4) is 0 Å². The van der Waals surface area contributed by atoms with E-state index in [9.17, 15) is 4.79 Å². The van der Waals surface area contributed by atoms with Crippen molar-refractivity contribution in [3.05, 3.63) is 34.3 Å². The summed E-state index contributed by atoms with van der Waals surface area (Å²) in [5.74, 6) is -0.510. The Morgan fingerprint density at radius 3 is 2.93 bits per heavy atom. The van der Waals surface area contributed by atoms with Crippen molar-refractivity contribution >= 4 is 16.8 Å². The summed E-state index contributed by atoms with van der Waals surface area (Å²) < 4.78 is 4.88. The summed E-state index contributed by atoms with van der Waals surface area (Å²) >= 11 is 0. The summed E-state index contributed by atoms with van der Waals surface area (Å²) in [6.07, 6.45) is 0. The van der Waals surface area contributed by atoms with E-state index in [-0.39, 0.29) is 5.82 Å². The van der Waals surface area contributed by atoms with Crippen LogP contribution >= 0.6 is 0 Å². The second kappa shape index (κ2) is 3.12. The van der Waals surface area contributed by atoms with Gasteiger partial charge < -0.3 is 15.9 Å². The normalized spacial score (nSPS) is 10.6. The lowest BCUT2D eigenvalue weighted by Crippen LogP contribution is -2.07. The van der Waals surface area contributed by atoms with Crippen molar-refractivity contribution in [2.45, 2.75) is 6.54 Å². The van der Waals surface area contributed by atoms with E-state index in [1.807, 2.05) is 6.07 Å². The first-order valence-corrected chi connectivity index (χ1v) is 4.10. The minimum Gasteiger partial charge on any atom is -0.408 e. The van der Waals surface area contributed by atoms with Gasteiger partial charge in [0.15, 0.2) is 0 Å². The molecule has 2 rings (SSSR count). The highest BCUT2D eigenvalue weighted by Crippen LogP contribution is 2.17. The van der Waals surface area contributed by atoms with Crippen LogP contribution in [0.1, 0.15) is 5.56 Å². The van der Waals surface area contributed by atoms with Gasteiger partial charge in [0, 0.05) is 6.54 Å². The van der Waals surface area contributed by atoms with Gasteiger partial charge in [0.2, 0.25) is 0 Å². The van der Waals surface area contributed by atoms with Crippen LogP contribution in [0.3, 0.4) is 0 Å². The largest absolute Gasteiger partial charge is 0.441 e. The lowest BCUT2D eigenvalue weighted by atomic mass is 10.1. The molecule has 5 nitrogen and oxygen atoms in total. The maximum Gasteiger partial charge on any atom is 0.441 e. The van der Waals surface area contributed by atoms with Gasteiger partial charge in [-0.05, 0) is 17.7 Å². The number of hydrogen-bond donors (Lipinski definition) is 2. The Morgan fingerprint density at radius 1 is 1.43 bits per heavy atom. The molecule has 0 saturated heterocycles. The quantitative estimate of drug-likeness (QED) is 0.672. The van der Waals surface area contributed by atoms with Gasteiger partial charge in [0.25, 0.3) is 0 Å².